The lowest BCUT2D eigenvalue weighted by atomic mass is 9.96. The molecule has 8 heteroatoms. The number of likely N-dealkylation sites (tertiary alicyclic amines) is 1. The summed E-state index contributed by atoms with van der Waals surface area (Å²) in [5.74, 6) is -0.803. The fraction of sp³-hybridized carbons (Fsp3) is 0.316. The summed E-state index contributed by atoms with van der Waals surface area (Å²) >= 11 is 7.44. The van der Waals surface area contributed by atoms with Crippen molar-refractivity contribution in [2.45, 2.75) is 12.8 Å². The molecule has 0 radical (unpaired) electrons. The number of hydrogen-bond donors (Lipinski definition) is 2. The summed E-state index contributed by atoms with van der Waals surface area (Å²) in [6.07, 6.45) is 1.50. The maximum absolute atomic E-state index is 12.7. The summed E-state index contributed by atoms with van der Waals surface area (Å²) < 4.78 is 0. The highest BCUT2D eigenvalue weighted by Gasteiger charge is 2.29. The number of anilines is 1. The topological polar surface area (TPSA) is 78.5 Å². The van der Waals surface area contributed by atoms with Crippen LogP contribution in [0.1, 0.15) is 32.9 Å². The number of benzene rings is 1. The third-order valence-corrected chi connectivity index (χ3v) is 5.70. The first-order valence-corrected chi connectivity index (χ1v) is 9.90. The minimum atomic E-state index is -0.318. The second-order valence-electron chi connectivity index (χ2n) is 6.33. The average molecular weight is 406 g/mol. The highest BCUT2D eigenvalue weighted by atomic mass is 35.5. The summed E-state index contributed by atoms with van der Waals surface area (Å²) in [6, 6.07) is 8.43. The highest BCUT2D eigenvalue weighted by molar-refractivity contribution is 7.12. The van der Waals surface area contributed by atoms with E-state index in [1.165, 1.54) is 18.4 Å². The second-order valence-corrected chi connectivity index (χ2v) is 7.69. The van der Waals surface area contributed by atoms with Gasteiger partial charge in [-0.05, 0) is 42.5 Å². The van der Waals surface area contributed by atoms with E-state index in [-0.39, 0.29) is 23.6 Å². The smallest absolute Gasteiger partial charge is 0.263 e. The molecule has 3 rings (SSSR count). The van der Waals surface area contributed by atoms with Crippen molar-refractivity contribution in [3.8, 4) is 0 Å². The molecule has 2 N–H and O–H groups in total. The molecule has 142 valence electrons. The molecule has 1 unspecified atom stereocenters. The van der Waals surface area contributed by atoms with E-state index in [1.54, 1.807) is 29.2 Å². The minimum absolute atomic E-state index is 0.0316. The molecule has 0 aliphatic carbocycles. The van der Waals surface area contributed by atoms with Gasteiger partial charge in [0.25, 0.3) is 11.8 Å². The lowest BCUT2D eigenvalue weighted by Crippen LogP contribution is -2.43. The van der Waals surface area contributed by atoms with E-state index in [1.807, 2.05) is 11.4 Å². The van der Waals surface area contributed by atoms with E-state index in [4.69, 9.17) is 11.6 Å². The lowest BCUT2D eigenvalue weighted by molar-refractivity contribution is -0.121. The number of rotatable bonds is 4. The Labute approximate surface area is 166 Å². The van der Waals surface area contributed by atoms with E-state index in [0.717, 1.165) is 12.8 Å². The van der Waals surface area contributed by atoms with Crippen LogP contribution in [-0.4, -0.2) is 42.8 Å². The van der Waals surface area contributed by atoms with Crippen molar-refractivity contribution in [3.63, 3.8) is 0 Å². The van der Waals surface area contributed by atoms with E-state index in [0.29, 0.717) is 34.2 Å². The molecule has 1 fully saturated rings. The van der Waals surface area contributed by atoms with Crippen LogP contribution in [-0.2, 0) is 4.79 Å². The Balaban J connectivity index is 1.67. The molecule has 0 bridgehead atoms. The number of nitrogens with zero attached hydrogens (tertiary/aromatic N) is 1. The van der Waals surface area contributed by atoms with Crippen LogP contribution in [0.15, 0.2) is 35.7 Å². The molecule has 1 atom stereocenters. The minimum Gasteiger partial charge on any atom is -0.355 e. The number of nitrogens with one attached hydrogen (secondary N) is 2. The molecule has 1 saturated heterocycles. The van der Waals surface area contributed by atoms with Crippen molar-refractivity contribution in [3.05, 3.63) is 51.2 Å². The van der Waals surface area contributed by atoms with Crippen molar-refractivity contribution in [2.24, 2.45) is 5.92 Å². The van der Waals surface area contributed by atoms with Crippen LogP contribution in [0.4, 0.5) is 5.69 Å². The fourth-order valence-corrected chi connectivity index (χ4v) is 3.98. The second kappa shape index (κ2) is 8.54. The van der Waals surface area contributed by atoms with Crippen LogP contribution >= 0.6 is 22.9 Å². The van der Waals surface area contributed by atoms with Crippen molar-refractivity contribution in [1.29, 1.82) is 0 Å². The van der Waals surface area contributed by atoms with E-state index < -0.39 is 0 Å². The molecule has 1 aromatic heterocycles. The highest BCUT2D eigenvalue weighted by Crippen LogP contribution is 2.24. The van der Waals surface area contributed by atoms with Crippen LogP contribution < -0.4 is 10.6 Å². The van der Waals surface area contributed by atoms with Crippen molar-refractivity contribution < 1.29 is 14.4 Å². The van der Waals surface area contributed by atoms with Crippen LogP contribution in [0.3, 0.4) is 0 Å². The van der Waals surface area contributed by atoms with Gasteiger partial charge in [-0.15, -0.1) is 11.3 Å². The van der Waals surface area contributed by atoms with E-state index >= 15 is 0 Å². The fourth-order valence-electron chi connectivity index (χ4n) is 3.09. The van der Waals surface area contributed by atoms with E-state index in [2.05, 4.69) is 10.6 Å². The first-order valence-electron chi connectivity index (χ1n) is 8.65. The van der Waals surface area contributed by atoms with Gasteiger partial charge < -0.3 is 15.5 Å². The molecule has 0 spiro atoms. The van der Waals surface area contributed by atoms with Gasteiger partial charge in [0.15, 0.2) is 0 Å². The van der Waals surface area contributed by atoms with Crippen LogP contribution in [0, 0.1) is 5.92 Å². The first-order chi connectivity index (χ1) is 13.0. The zero-order valence-electron chi connectivity index (χ0n) is 14.8. The molecule has 2 aromatic rings. The van der Waals surface area contributed by atoms with Crippen molar-refractivity contribution >= 4 is 46.3 Å². The third kappa shape index (κ3) is 4.48. The van der Waals surface area contributed by atoms with E-state index in [9.17, 15) is 14.4 Å². The van der Waals surface area contributed by atoms with Gasteiger partial charge in [-0.25, -0.2) is 0 Å². The van der Waals surface area contributed by atoms with Crippen LogP contribution in [0.2, 0.25) is 5.02 Å². The number of halogens is 1. The number of carbonyl (C=O) groups is 3. The van der Waals surface area contributed by atoms with Gasteiger partial charge in [0.1, 0.15) is 0 Å². The molecule has 1 aromatic carbocycles. The number of piperidine rings is 1. The van der Waals surface area contributed by atoms with Crippen molar-refractivity contribution in [1.82, 2.24) is 10.2 Å². The van der Waals surface area contributed by atoms with Crippen LogP contribution in [0.5, 0.6) is 0 Å². The SMILES string of the molecule is CNC(=O)c1cc(NC(=O)C2CCCN(C(=O)c3cccs3)C2)ccc1Cl. The zero-order valence-corrected chi connectivity index (χ0v) is 16.4. The Kier molecular flexibility index (Phi) is 6.13. The summed E-state index contributed by atoms with van der Waals surface area (Å²) in [6.45, 7) is 1.04. The summed E-state index contributed by atoms with van der Waals surface area (Å²) in [5, 5.41) is 7.54. The largest absolute Gasteiger partial charge is 0.355 e. The number of hydrogen-bond acceptors (Lipinski definition) is 4. The van der Waals surface area contributed by atoms with Gasteiger partial charge in [0, 0.05) is 25.8 Å². The maximum atomic E-state index is 12.7. The Morgan fingerprint density at radius 2 is 2.07 bits per heavy atom. The molecular formula is C19H20ClN3O3S. The van der Waals surface area contributed by atoms with Gasteiger partial charge in [-0.3, -0.25) is 14.4 Å². The molecule has 6 nitrogen and oxygen atoms in total. The van der Waals surface area contributed by atoms with Gasteiger partial charge in [-0.1, -0.05) is 17.7 Å². The summed E-state index contributed by atoms with van der Waals surface area (Å²) in [5.41, 5.74) is 0.805. The first kappa shape index (κ1) is 19.4. The normalized spacial score (nSPS) is 16.7. The van der Waals surface area contributed by atoms with Gasteiger partial charge in [-0.2, -0.15) is 0 Å². The quantitative estimate of drug-likeness (QED) is 0.819. The summed E-state index contributed by atoms with van der Waals surface area (Å²) in [7, 11) is 1.52. The maximum Gasteiger partial charge on any atom is 0.263 e. The Hall–Kier alpha value is -2.38. The Morgan fingerprint density at radius 1 is 1.26 bits per heavy atom. The Morgan fingerprint density at radius 3 is 2.78 bits per heavy atom. The number of carbonyl (C=O) groups excluding carboxylic acids is 3. The van der Waals surface area contributed by atoms with Gasteiger partial charge in [0.2, 0.25) is 5.91 Å². The predicted molar refractivity (Wildman–Crippen MR) is 106 cm³/mol. The molecule has 27 heavy (non-hydrogen) atoms. The number of amides is 3. The molecule has 3 amide bonds. The van der Waals surface area contributed by atoms with Gasteiger partial charge in [0.05, 0.1) is 21.4 Å². The Bertz CT molecular complexity index is 854. The third-order valence-electron chi connectivity index (χ3n) is 4.52. The van der Waals surface area contributed by atoms with Crippen molar-refractivity contribution in [2.75, 3.05) is 25.5 Å². The average Bonchev–Trinajstić information content (AvgIpc) is 3.23. The standard InChI is InChI=1S/C19H20ClN3O3S/c1-21-18(25)14-10-13(6-7-15(14)20)22-17(24)12-4-2-8-23(11-12)19(26)16-5-3-9-27-16/h3,5-7,9-10,12H,2,4,8,11H2,1H3,(H,21,25)(H,22,24). The molecule has 0 saturated carbocycles. The lowest BCUT2D eigenvalue weighted by Gasteiger charge is -2.31. The molecule has 2 heterocycles. The molecule has 1 aliphatic rings. The van der Waals surface area contributed by atoms with Gasteiger partial charge >= 0.3 is 0 Å². The molecule has 1 aliphatic heterocycles. The predicted octanol–water partition coefficient (Wildman–Crippen LogP) is 3.25. The zero-order chi connectivity index (χ0) is 19.4. The molecular weight excluding hydrogens is 386 g/mol. The summed E-state index contributed by atoms with van der Waals surface area (Å²) in [4.78, 5) is 39.5. The van der Waals surface area contributed by atoms with Crippen LogP contribution in [0.25, 0.3) is 0 Å². The number of thiophene rings is 1. The monoisotopic (exact) mass is 405 g/mol.